The average Bonchev–Trinajstić information content (AvgIpc) is 3.46. The van der Waals surface area contributed by atoms with Gasteiger partial charge in [0.15, 0.2) is 10.9 Å². The summed E-state index contributed by atoms with van der Waals surface area (Å²) in [4.78, 5) is 16.6. The molecule has 10 heteroatoms. The molecule has 3 heterocycles. The molecule has 0 saturated heterocycles. The molecule has 0 unspecified atom stereocenters. The smallest absolute Gasteiger partial charge is 0.270 e. The molecule has 4 aromatic rings. The number of aromatic nitrogens is 4. The molecule has 30 heavy (non-hydrogen) atoms. The van der Waals surface area contributed by atoms with E-state index in [0.29, 0.717) is 33.2 Å². The molecule has 1 amide bonds. The summed E-state index contributed by atoms with van der Waals surface area (Å²) in [6.45, 7) is 3.84. The summed E-state index contributed by atoms with van der Waals surface area (Å²) >= 11 is 8.98. The summed E-state index contributed by atoms with van der Waals surface area (Å²) in [5, 5.41) is 15.5. The molecule has 0 spiro atoms. The molecule has 0 radical (unpaired) electrons. The van der Waals surface area contributed by atoms with Crippen LogP contribution in [-0.4, -0.2) is 31.7 Å². The maximum absolute atomic E-state index is 12.1. The monoisotopic (exact) mass is 459 g/mol. The van der Waals surface area contributed by atoms with Crippen LogP contribution in [0.15, 0.2) is 57.6 Å². The van der Waals surface area contributed by atoms with Crippen molar-refractivity contribution in [2.75, 3.05) is 0 Å². The minimum atomic E-state index is -0.165. The molecular formula is C20H18ClN5O2S2. The number of carbonyl (C=O) groups excluding carboxylic acids is 1. The largest absolute Gasteiger partial charge is 0.461 e. The van der Waals surface area contributed by atoms with E-state index in [1.165, 1.54) is 23.1 Å². The second-order valence-electron chi connectivity index (χ2n) is 6.64. The van der Waals surface area contributed by atoms with E-state index in [2.05, 4.69) is 20.5 Å². The lowest BCUT2D eigenvalue weighted by atomic mass is 10.3. The van der Waals surface area contributed by atoms with Gasteiger partial charge in [0.25, 0.3) is 5.91 Å². The van der Waals surface area contributed by atoms with E-state index in [4.69, 9.17) is 16.0 Å². The maximum atomic E-state index is 12.1. The van der Waals surface area contributed by atoms with Crippen molar-refractivity contribution in [2.45, 2.75) is 30.8 Å². The summed E-state index contributed by atoms with van der Waals surface area (Å²) in [5.41, 5.74) is 1.30. The second kappa shape index (κ2) is 9.03. The van der Waals surface area contributed by atoms with Crippen molar-refractivity contribution in [3.05, 3.63) is 63.8 Å². The van der Waals surface area contributed by atoms with Crippen LogP contribution in [0.5, 0.6) is 0 Å². The van der Waals surface area contributed by atoms with Crippen molar-refractivity contribution in [1.82, 2.24) is 25.1 Å². The van der Waals surface area contributed by atoms with E-state index >= 15 is 0 Å². The molecule has 154 valence electrons. The Morgan fingerprint density at radius 1 is 1.27 bits per heavy atom. The number of thiazole rings is 1. The lowest BCUT2D eigenvalue weighted by Gasteiger charge is -2.09. The van der Waals surface area contributed by atoms with Crippen molar-refractivity contribution < 1.29 is 9.21 Å². The SMILES string of the molecule is CC(C)NC(=O)c1csc(CSc2nnc(-c3ccco3)n2-c2ccc(Cl)cc2)n1. The highest BCUT2D eigenvalue weighted by molar-refractivity contribution is 7.98. The molecule has 0 atom stereocenters. The van der Waals surface area contributed by atoms with Crippen LogP contribution >= 0.6 is 34.7 Å². The molecule has 3 aromatic heterocycles. The fourth-order valence-corrected chi connectivity index (χ4v) is 4.57. The number of carbonyl (C=O) groups is 1. The Balaban J connectivity index is 1.58. The van der Waals surface area contributed by atoms with Gasteiger partial charge in [0.2, 0.25) is 5.82 Å². The Morgan fingerprint density at radius 3 is 2.77 bits per heavy atom. The molecule has 0 aliphatic heterocycles. The third kappa shape index (κ3) is 4.58. The zero-order chi connectivity index (χ0) is 21.1. The first-order valence-electron chi connectivity index (χ1n) is 9.14. The summed E-state index contributed by atoms with van der Waals surface area (Å²) in [6.07, 6.45) is 1.60. The molecule has 0 fully saturated rings. The van der Waals surface area contributed by atoms with Crippen molar-refractivity contribution in [1.29, 1.82) is 0 Å². The fraction of sp³-hybridized carbons (Fsp3) is 0.200. The van der Waals surface area contributed by atoms with Gasteiger partial charge in [-0.25, -0.2) is 4.98 Å². The molecule has 1 aromatic carbocycles. The third-order valence-electron chi connectivity index (χ3n) is 3.99. The second-order valence-corrected chi connectivity index (χ2v) is 8.96. The van der Waals surface area contributed by atoms with Crippen LogP contribution in [0.25, 0.3) is 17.3 Å². The van der Waals surface area contributed by atoms with Gasteiger partial charge >= 0.3 is 0 Å². The highest BCUT2D eigenvalue weighted by atomic mass is 35.5. The van der Waals surface area contributed by atoms with E-state index in [1.54, 1.807) is 11.6 Å². The van der Waals surface area contributed by atoms with Crippen LogP contribution in [-0.2, 0) is 5.75 Å². The van der Waals surface area contributed by atoms with E-state index < -0.39 is 0 Å². The van der Waals surface area contributed by atoms with Crippen molar-refractivity contribution in [3.8, 4) is 17.3 Å². The average molecular weight is 460 g/mol. The Labute approximate surface area is 186 Å². The Bertz CT molecular complexity index is 1140. The molecular weight excluding hydrogens is 442 g/mol. The molecule has 0 saturated carbocycles. The zero-order valence-electron chi connectivity index (χ0n) is 16.2. The van der Waals surface area contributed by atoms with Crippen molar-refractivity contribution >= 4 is 40.6 Å². The summed E-state index contributed by atoms with van der Waals surface area (Å²) in [6, 6.07) is 11.2. The number of rotatable bonds is 7. The molecule has 0 bridgehead atoms. The number of halogens is 1. The lowest BCUT2D eigenvalue weighted by molar-refractivity contribution is 0.0938. The molecule has 4 rings (SSSR count). The van der Waals surface area contributed by atoms with Gasteiger partial charge in [-0.05, 0) is 50.2 Å². The van der Waals surface area contributed by atoms with E-state index in [-0.39, 0.29) is 11.9 Å². The van der Waals surface area contributed by atoms with E-state index in [1.807, 2.05) is 54.8 Å². The summed E-state index contributed by atoms with van der Waals surface area (Å²) < 4.78 is 7.45. The summed E-state index contributed by atoms with van der Waals surface area (Å²) in [5.74, 6) is 1.61. The highest BCUT2D eigenvalue weighted by Crippen LogP contribution is 2.31. The van der Waals surface area contributed by atoms with Crippen molar-refractivity contribution in [2.24, 2.45) is 0 Å². The highest BCUT2D eigenvalue weighted by Gasteiger charge is 2.19. The van der Waals surface area contributed by atoms with Gasteiger partial charge < -0.3 is 9.73 Å². The number of nitrogens with zero attached hydrogens (tertiary/aromatic N) is 4. The van der Waals surface area contributed by atoms with Gasteiger partial charge in [-0.1, -0.05) is 23.4 Å². The minimum absolute atomic E-state index is 0.0648. The molecule has 7 nitrogen and oxygen atoms in total. The topological polar surface area (TPSA) is 85.8 Å². The maximum Gasteiger partial charge on any atom is 0.270 e. The van der Waals surface area contributed by atoms with E-state index in [9.17, 15) is 4.79 Å². The number of furan rings is 1. The Hall–Kier alpha value is -2.62. The van der Waals surface area contributed by atoms with Gasteiger partial charge in [-0.15, -0.1) is 21.5 Å². The van der Waals surface area contributed by atoms with E-state index in [0.717, 1.165) is 10.7 Å². The van der Waals surface area contributed by atoms with Crippen LogP contribution < -0.4 is 5.32 Å². The van der Waals surface area contributed by atoms with Crippen molar-refractivity contribution in [3.63, 3.8) is 0 Å². The first-order valence-corrected chi connectivity index (χ1v) is 11.4. The number of nitrogens with one attached hydrogen (secondary N) is 1. The number of thioether (sulfide) groups is 1. The van der Waals surface area contributed by atoms with Gasteiger partial charge in [-0.3, -0.25) is 9.36 Å². The van der Waals surface area contributed by atoms with Gasteiger partial charge in [0.1, 0.15) is 10.7 Å². The minimum Gasteiger partial charge on any atom is -0.461 e. The zero-order valence-corrected chi connectivity index (χ0v) is 18.6. The van der Waals surface area contributed by atoms with Gasteiger partial charge in [-0.2, -0.15) is 0 Å². The molecule has 0 aliphatic carbocycles. The summed E-state index contributed by atoms with van der Waals surface area (Å²) in [7, 11) is 0. The predicted octanol–water partition coefficient (Wildman–Crippen LogP) is 5.07. The van der Waals surface area contributed by atoms with Crippen LogP contribution in [0, 0.1) is 0 Å². The van der Waals surface area contributed by atoms with Crippen LogP contribution in [0.1, 0.15) is 29.3 Å². The number of hydrogen-bond acceptors (Lipinski definition) is 7. The Morgan fingerprint density at radius 2 is 2.07 bits per heavy atom. The van der Waals surface area contributed by atoms with Gasteiger partial charge in [0.05, 0.1) is 12.0 Å². The van der Waals surface area contributed by atoms with Crippen LogP contribution in [0.3, 0.4) is 0 Å². The third-order valence-corrected chi connectivity index (χ3v) is 6.21. The predicted molar refractivity (Wildman–Crippen MR) is 118 cm³/mol. The molecule has 0 aliphatic rings. The number of hydrogen-bond donors (Lipinski definition) is 1. The lowest BCUT2D eigenvalue weighted by Crippen LogP contribution is -2.30. The number of benzene rings is 1. The first-order chi connectivity index (χ1) is 14.5. The quantitative estimate of drug-likeness (QED) is 0.388. The first kappa shape index (κ1) is 20.6. The normalized spacial score (nSPS) is 11.2. The molecule has 1 N–H and O–H groups in total. The van der Waals surface area contributed by atoms with Gasteiger partial charge in [0, 0.05) is 22.1 Å². The number of amides is 1. The standard InChI is InChI=1S/C20H18ClN5O2S2/c1-12(2)22-19(27)15-10-29-17(23-15)11-30-20-25-24-18(16-4-3-9-28-16)26(20)14-7-5-13(21)6-8-14/h3-10,12H,11H2,1-2H3,(H,22,27). The fourth-order valence-electron chi connectivity index (χ4n) is 2.70. The van der Waals surface area contributed by atoms with Crippen LogP contribution in [0.2, 0.25) is 5.02 Å². The Kier molecular flexibility index (Phi) is 6.21. The van der Waals surface area contributed by atoms with Crippen LogP contribution in [0.4, 0.5) is 0 Å².